The maximum Gasteiger partial charge on any atom is 0.231 e. The van der Waals surface area contributed by atoms with E-state index in [1.807, 2.05) is 24.3 Å². The van der Waals surface area contributed by atoms with Gasteiger partial charge in [-0.3, -0.25) is 0 Å². The Hall–Kier alpha value is -2.47. The van der Waals surface area contributed by atoms with Crippen LogP contribution in [0.4, 0.5) is 16.5 Å². The third-order valence-corrected chi connectivity index (χ3v) is 6.39. The molecule has 0 aliphatic heterocycles. The van der Waals surface area contributed by atoms with Crippen LogP contribution in [0.5, 0.6) is 0 Å². The molecule has 0 fully saturated rings. The third-order valence-electron chi connectivity index (χ3n) is 4.50. The van der Waals surface area contributed by atoms with Gasteiger partial charge in [0.2, 0.25) is 5.13 Å². The number of benzene rings is 3. The molecule has 0 aliphatic carbocycles. The Kier molecular flexibility index (Phi) is 6.09. The lowest BCUT2D eigenvalue weighted by Crippen LogP contribution is -2.21. The highest BCUT2D eigenvalue weighted by Crippen LogP contribution is 2.37. The molecule has 0 aliphatic rings. The van der Waals surface area contributed by atoms with E-state index in [2.05, 4.69) is 63.4 Å². The minimum absolute atomic E-state index is 0.505. The van der Waals surface area contributed by atoms with Crippen molar-refractivity contribution >= 4 is 61.3 Å². The van der Waals surface area contributed by atoms with Crippen molar-refractivity contribution in [1.82, 2.24) is 4.98 Å². The molecule has 0 unspecified atom stereocenters. The average molecular weight is 441 g/mol. The summed E-state index contributed by atoms with van der Waals surface area (Å²) < 4.78 is 0.822. The molecular weight excluding hydrogens is 423 g/mol. The second-order valence-electron chi connectivity index (χ2n) is 6.42. The molecule has 4 aromatic rings. The molecule has 0 radical (unpaired) electrons. The minimum atomic E-state index is 0.505. The van der Waals surface area contributed by atoms with Gasteiger partial charge in [0.05, 0.1) is 25.9 Å². The van der Waals surface area contributed by atoms with Gasteiger partial charge in [0.25, 0.3) is 0 Å². The van der Waals surface area contributed by atoms with Crippen molar-refractivity contribution < 1.29 is 0 Å². The Balaban J connectivity index is 1.49. The standard InChI is InChI=1S/C22H18Cl2N4S/c1-2-28(14-15-6-4-3-5-7-15)17-10-8-16(9-11-17)26-27-22-25-19-13-12-18(23)20(24)21(19)29-22/h3-13H,2,14H2,1H3. The molecule has 4 nitrogen and oxygen atoms in total. The number of halogens is 2. The summed E-state index contributed by atoms with van der Waals surface area (Å²) in [7, 11) is 0. The molecule has 0 bridgehead atoms. The van der Waals surface area contributed by atoms with Crippen LogP contribution in [-0.4, -0.2) is 11.5 Å². The van der Waals surface area contributed by atoms with Crippen LogP contribution in [0, 0.1) is 0 Å². The van der Waals surface area contributed by atoms with Gasteiger partial charge in [-0.25, -0.2) is 4.98 Å². The van der Waals surface area contributed by atoms with Crippen molar-refractivity contribution in [3.8, 4) is 0 Å². The lowest BCUT2D eigenvalue weighted by atomic mass is 10.2. The SMILES string of the molecule is CCN(Cc1ccccc1)c1ccc(N=Nc2nc3ccc(Cl)c(Cl)c3s2)cc1. The summed E-state index contributed by atoms with van der Waals surface area (Å²) in [5.41, 5.74) is 3.98. The Labute approximate surface area is 183 Å². The summed E-state index contributed by atoms with van der Waals surface area (Å²) >= 11 is 13.7. The van der Waals surface area contributed by atoms with Crippen LogP contribution >= 0.6 is 34.5 Å². The van der Waals surface area contributed by atoms with Gasteiger partial charge in [-0.15, -0.1) is 10.2 Å². The van der Waals surface area contributed by atoms with E-state index in [0.717, 1.165) is 34.7 Å². The van der Waals surface area contributed by atoms with Gasteiger partial charge in [-0.05, 0) is 48.9 Å². The highest BCUT2D eigenvalue weighted by molar-refractivity contribution is 7.22. The van der Waals surface area contributed by atoms with Crippen LogP contribution in [0.3, 0.4) is 0 Å². The predicted molar refractivity (Wildman–Crippen MR) is 123 cm³/mol. The van der Waals surface area contributed by atoms with Gasteiger partial charge in [0, 0.05) is 18.8 Å². The molecule has 1 aromatic heterocycles. The van der Waals surface area contributed by atoms with E-state index in [1.165, 1.54) is 16.9 Å². The van der Waals surface area contributed by atoms with E-state index in [0.29, 0.717) is 15.2 Å². The molecule has 0 saturated heterocycles. The smallest absolute Gasteiger partial charge is 0.231 e. The summed E-state index contributed by atoms with van der Waals surface area (Å²) in [4.78, 5) is 6.76. The number of hydrogen-bond donors (Lipinski definition) is 0. The Morgan fingerprint density at radius 2 is 1.69 bits per heavy atom. The first-order chi connectivity index (χ1) is 14.1. The van der Waals surface area contributed by atoms with Crippen molar-refractivity contribution in [3.63, 3.8) is 0 Å². The maximum atomic E-state index is 6.24. The normalized spacial score (nSPS) is 11.4. The number of aromatic nitrogens is 1. The third kappa shape index (κ3) is 4.58. The zero-order chi connectivity index (χ0) is 20.2. The van der Waals surface area contributed by atoms with Gasteiger partial charge < -0.3 is 4.90 Å². The molecule has 7 heteroatoms. The minimum Gasteiger partial charge on any atom is -0.367 e. The zero-order valence-corrected chi connectivity index (χ0v) is 18.0. The average Bonchev–Trinajstić information content (AvgIpc) is 3.18. The number of hydrogen-bond acceptors (Lipinski definition) is 5. The van der Waals surface area contributed by atoms with Crippen LogP contribution in [-0.2, 0) is 6.54 Å². The Morgan fingerprint density at radius 3 is 2.41 bits per heavy atom. The van der Waals surface area contributed by atoms with Gasteiger partial charge in [-0.2, -0.15) is 0 Å². The molecule has 4 rings (SSSR count). The van der Waals surface area contributed by atoms with Gasteiger partial charge in [0.1, 0.15) is 0 Å². The highest BCUT2D eigenvalue weighted by atomic mass is 35.5. The highest BCUT2D eigenvalue weighted by Gasteiger charge is 2.10. The molecule has 1 heterocycles. The molecule has 0 N–H and O–H groups in total. The van der Waals surface area contributed by atoms with Gasteiger partial charge in [-0.1, -0.05) is 64.9 Å². The van der Waals surface area contributed by atoms with Gasteiger partial charge in [0.15, 0.2) is 0 Å². The van der Waals surface area contributed by atoms with Crippen molar-refractivity contribution in [2.24, 2.45) is 10.2 Å². The summed E-state index contributed by atoms with van der Waals surface area (Å²) in [6, 6.07) is 22.1. The number of thiazole rings is 1. The van der Waals surface area contributed by atoms with Gasteiger partial charge >= 0.3 is 0 Å². The molecule has 0 amide bonds. The number of rotatable bonds is 6. The quantitative estimate of drug-likeness (QED) is 0.284. The van der Waals surface area contributed by atoms with Crippen molar-refractivity contribution in [1.29, 1.82) is 0 Å². The van der Waals surface area contributed by atoms with Crippen LogP contribution in [0.25, 0.3) is 10.2 Å². The monoisotopic (exact) mass is 440 g/mol. The first-order valence-corrected chi connectivity index (χ1v) is 10.8. The summed E-state index contributed by atoms with van der Waals surface area (Å²) in [5.74, 6) is 0. The summed E-state index contributed by atoms with van der Waals surface area (Å²) in [5, 5.41) is 10.1. The Bertz CT molecular complexity index is 1140. The maximum absolute atomic E-state index is 6.24. The first kappa shape index (κ1) is 19.8. The molecule has 0 saturated carbocycles. The van der Waals surface area contributed by atoms with E-state index in [9.17, 15) is 0 Å². The molecule has 0 spiro atoms. The topological polar surface area (TPSA) is 40.9 Å². The van der Waals surface area contributed by atoms with Crippen molar-refractivity contribution in [3.05, 3.63) is 82.3 Å². The van der Waals surface area contributed by atoms with Crippen LogP contribution in [0.1, 0.15) is 12.5 Å². The van der Waals surface area contributed by atoms with Crippen LogP contribution in [0.2, 0.25) is 10.0 Å². The van der Waals surface area contributed by atoms with E-state index >= 15 is 0 Å². The van der Waals surface area contributed by atoms with Crippen molar-refractivity contribution in [2.45, 2.75) is 13.5 Å². The fraction of sp³-hybridized carbons (Fsp3) is 0.136. The lowest BCUT2D eigenvalue weighted by molar-refractivity contribution is 0.832. The first-order valence-electron chi connectivity index (χ1n) is 9.19. The summed E-state index contributed by atoms with van der Waals surface area (Å²) in [6.07, 6.45) is 0. The number of anilines is 1. The molecule has 0 atom stereocenters. The fourth-order valence-corrected chi connectivity index (χ4v) is 4.30. The Morgan fingerprint density at radius 1 is 0.931 bits per heavy atom. The second-order valence-corrected chi connectivity index (χ2v) is 8.18. The van der Waals surface area contributed by atoms with E-state index < -0.39 is 0 Å². The largest absolute Gasteiger partial charge is 0.367 e. The summed E-state index contributed by atoms with van der Waals surface area (Å²) in [6.45, 7) is 3.94. The van der Waals surface area contributed by atoms with Crippen LogP contribution < -0.4 is 4.90 Å². The fourth-order valence-electron chi connectivity index (χ4n) is 2.99. The number of azo groups is 1. The predicted octanol–water partition coefficient (Wildman–Crippen LogP) is 8.05. The zero-order valence-electron chi connectivity index (χ0n) is 15.7. The lowest BCUT2D eigenvalue weighted by Gasteiger charge is -2.23. The molecule has 29 heavy (non-hydrogen) atoms. The molecule has 3 aromatic carbocycles. The van der Waals surface area contributed by atoms with E-state index in [1.54, 1.807) is 6.07 Å². The number of nitrogens with zero attached hydrogens (tertiary/aromatic N) is 4. The molecule has 146 valence electrons. The van der Waals surface area contributed by atoms with Crippen LogP contribution in [0.15, 0.2) is 77.0 Å². The van der Waals surface area contributed by atoms with Crippen molar-refractivity contribution in [2.75, 3.05) is 11.4 Å². The molecular formula is C22H18Cl2N4S. The van der Waals surface area contributed by atoms with E-state index in [-0.39, 0.29) is 0 Å². The second kappa shape index (κ2) is 8.91. The van der Waals surface area contributed by atoms with E-state index in [4.69, 9.17) is 23.2 Å². The number of fused-ring (bicyclic) bond motifs is 1.